The molecule has 180 valence electrons. The van der Waals surface area contributed by atoms with Gasteiger partial charge in [-0.3, -0.25) is 4.79 Å². The molecule has 7 nitrogen and oxygen atoms in total. The molecule has 4 rings (SSSR count). The van der Waals surface area contributed by atoms with Gasteiger partial charge in [0.05, 0.1) is 29.4 Å². The summed E-state index contributed by atoms with van der Waals surface area (Å²) in [6.45, 7) is 4.13. The lowest BCUT2D eigenvalue weighted by Gasteiger charge is -2.29. The number of ketones is 1. The zero-order valence-corrected chi connectivity index (χ0v) is 19.8. The van der Waals surface area contributed by atoms with Crippen LogP contribution in [0.1, 0.15) is 34.6 Å². The quantitative estimate of drug-likeness (QED) is 0.257. The summed E-state index contributed by atoms with van der Waals surface area (Å²) in [6, 6.07) is 15.6. The number of rotatable bonds is 7. The summed E-state index contributed by atoms with van der Waals surface area (Å²) >= 11 is 0. The van der Waals surface area contributed by atoms with Gasteiger partial charge in [-0.05, 0) is 74.5 Å². The number of fused-ring (bicyclic) bond motifs is 1. The average molecular weight is 496 g/mol. The Morgan fingerprint density at radius 3 is 2.34 bits per heavy atom. The molecular weight excluding hydrogens is 473 g/mol. The summed E-state index contributed by atoms with van der Waals surface area (Å²) in [5.41, 5.74) is 0.751. The van der Waals surface area contributed by atoms with Crippen LogP contribution in [0.2, 0.25) is 0 Å². The average Bonchev–Trinajstić information content (AvgIpc) is 2.84. The van der Waals surface area contributed by atoms with Crippen LogP contribution in [0.3, 0.4) is 0 Å². The molecule has 35 heavy (non-hydrogen) atoms. The lowest BCUT2D eigenvalue weighted by molar-refractivity contribution is 0.0526. The van der Waals surface area contributed by atoms with Crippen LogP contribution >= 0.6 is 0 Å². The molecular formula is C26H22FNO6S. The number of ether oxygens (including phenoxy) is 2. The van der Waals surface area contributed by atoms with Gasteiger partial charge in [-0.15, -0.1) is 0 Å². The van der Waals surface area contributed by atoms with E-state index in [2.05, 4.69) is 0 Å². The van der Waals surface area contributed by atoms with Crippen LogP contribution in [-0.2, 0) is 14.6 Å². The van der Waals surface area contributed by atoms with E-state index in [1.54, 1.807) is 37.3 Å². The van der Waals surface area contributed by atoms with E-state index in [1.807, 2.05) is 6.92 Å². The van der Waals surface area contributed by atoms with Crippen LogP contribution in [0.4, 0.5) is 15.8 Å². The first-order chi connectivity index (χ1) is 16.8. The number of halogens is 1. The molecule has 1 aliphatic rings. The van der Waals surface area contributed by atoms with Crippen molar-refractivity contribution in [3.63, 3.8) is 0 Å². The normalized spacial score (nSPS) is 14.0. The Morgan fingerprint density at radius 1 is 0.914 bits per heavy atom. The summed E-state index contributed by atoms with van der Waals surface area (Å²) in [6.07, 6.45) is 1.15. The summed E-state index contributed by atoms with van der Waals surface area (Å²) in [4.78, 5) is 26.2. The second-order valence-electron chi connectivity index (χ2n) is 7.54. The molecule has 9 heteroatoms. The molecule has 0 spiro atoms. The number of nitrogens with zero attached hydrogens (tertiary/aromatic N) is 1. The zero-order chi connectivity index (χ0) is 25.2. The van der Waals surface area contributed by atoms with Gasteiger partial charge in [0.1, 0.15) is 16.5 Å². The summed E-state index contributed by atoms with van der Waals surface area (Å²) in [7, 11) is -4.26. The van der Waals surface area contributed by atoms with Gasteiger partial charge >= 0.3 is 5.97 Å². The van der Waals surface area contributed by atoms with Crippen molar-refractivity contribution in [3.8, 4) is 5.75 Å². The maximum atomic E-state index is 14.2. The number of hydrogen-bond donors (Lipinski definition) is 0. The molecule has 0 N–H and O–H groups in total. The molecule has 0 saturated heterocycles. The van der Waals surface area contributed by atoms with Crippen molar-refractivity contribution < 1.29 is 31.9 Å². The van der Waals surface area contributed by atoms with E-state index in [4.69, 9.17) is 9.47 Å². The van der Waals surface area contributed by atoms with Crippen molar-refractivity contribution in [2.24, 2.45) is 0 Å². The molecule has 3 aromatic carbocycles. The maximum Gasteiger partial charge on any atom is 0.338 e. The number of benzene rings is 3. The molecule has 0 unspecified atom stereocenters. The van der Waals surface area contributed by atoms with Gasteiger partial charge in [-0.1, -0.05) is 6.07 Å². The Kier molecular flexibility index (Phi) is 6.70. The van der Waals surface area contributed by atoms with Gasteiger partial charge in [-0.2, -0.15) is 0 Å². The Labute approximate surface area is 202 Å². The van der Waals surface area contributed by atoms with Crippen molar-refractivity contribution >= 4 is 33.0 Å². The molecule has 0 bridgehead atoms. The van der Waals surface area contributed by atoms with Crippen molar-refractivity contribution in [2.45, 2.75) is 18.7 Å². The van der Waals surface area contributed by atoms with Gasteiger partial charge in [0.15, 0.2) is 0 Å². The Morgan fingerprint density at radius 2 is 1.66 bits per heavy atom. The fourth-order valence-electron chi connectivity index (χ4n) is 3.68. The number of carbonyl (C=O) groups is 2. The molecule has 0 amide bonds. The van der Waals surface area contributed by atoms with E-state index in [0.29, 0.717) is 18.0 Å². The molecule has 0 saturated carbocycles. The topological polar surface area (TPSA) is 90.0 Å². The molecule has 0 aromatic heterocycles. The highest BCUT2D eigenvalue weighted by molar-refractivity contribution is 7.96. The summed E-state index contributed by atoms with van der Waals surface area (Å²) in [5.74, 6) is -1.40. The zero-order valence-electron chi connectivity index (χ0n) is 19.0. The van der Waals surface area contributed by atoms with Gasteiger partial charge < -0.3 is 14.4 Å². The fourth-order valence-corrected chi connectivity index (χ4v) is 5.21. The van der Waals surface area contributed by atoms with E-state index in [9.17, 15) is 22.4 Å². The SMILES string of the molecule is CCOC(=O)c1cccc(N2C=C(C(=O)c3ccc(OCC)cc3)S(=O)(=O)c3ccc(F)cc32)c1. The Hall–Kier alpha value is -3.98. The number of allylic oxidation sites excluding steroid dienone is 1. The minimum Gasteiger partial charge on any atom is -0.494 e. The number of carbonyl (C=O) groups excluding carboxylic acids is 2. The minimum absolute atomic E-state index is 0.0225. The van der Waals surface area contributed by atoms with Crippen LogP contribution < -0.4 is 9.64 Å². The Bertz CT molecular complexity index is 1430. The van der Waals surface area contributed by atoms with E-state index in [-0.39, 0.29) is 28.3 Å². The van der Waals surface area contributed by atoms with E-state index in [1.165, 1.54) is 23.1 Å². The molecule has 0 aliphatic carbocycles. The predicted octanol–water partition coefficient (Wildman–Crippen LogP) is 5.05. The number of hydrogen-bond acceptors (Lipinski definition) is 7. The summed E-state index contributed by atoms with van der Waals surface area (Å²) < 4.78 is 51.4. The van der Waals surface area contributed by atoms with Crippen molar-refractivity contribution in [3.05, 3.63) is 94.8 Å². The Balaban J connectivity index is 1.85. The van der Waals surface area contributed by atoms with Gasteiger partial charge in [0.2, 0.25) is 15.6 Å². The third-order valence-electron chi connectivity index (χ3n) is 5.29. The second-order valence-corrected chi connectivity index (χ2v) is 9.42. The minimum atomic E-state index is -4.26. The molecule has 1 heterocycles. The van der Waals surface area contributed by atoms with Crippen molar-refractivity contribution in [1.29, 1.82) is 0 Å². The first-order valence-corrected chi connectivity index (χ1v) is 12.3. The lowest BCUT2D eigenvalue weighted by Crippen LogP contribution is -2.26. The number of sulfone groups is 1. The lowest BCUT2D eigenvalue weighted by atomic mass is 10.1. The maximum absolute atomic E-state index is 14.2. The standard InChI is InChI=1S/C26H22FNO6S/c1-3-33-21-11-8-17(9-12-21)25(29)24-16-28(20-7-5-6-18(14-20)26(30)34-4-2)22-15-19(27)10-13-23(22)35(24,31)32/h5-16H,3-4H2,1-2H3. The van der Waals surface area contributed by atoms with E-state index >= 15 is 0 Å². The first kappa shape index (κ1) is 24.2. The first-order valence-electron chi connectivity index (χ1n) is 10.9. The van der Waals surface area contributed by atoms with Gasteiger partial charge in [0, 0.05) is 17.5 Å². The third-order valence-corrected chi connectivity index (χ3v) is 7.09. The van der Waals surface area contributed by atoms with Crippen LogP contribution in [0.15, 0.2) is 82.7 Å². The summed E-state index contributed by atoms with van der Waals surface area (Å²) in [5, 5.41) is 0. The number of anilines is 2. The van der Waals surface area contributed by atoms with Gasteiger partial charge in [-0.25, -0.2) is 17.6 Å². The molecule has 0 fully saturated rings. The van der Waals surface area contributed by atoms with Crippen molar-refractivity contribution in [2.75, 3.05) is 18.1 Å². The van der Waals surface area contributed by atoms with Crippen LogP contribution in [0.5, 0.6) is 5.75 Å². The van der Waals surface area contributed by atoms with E-state index in [0.717, 1.165) is 24.4 Å². The smallest absolute Gasteiger partial charge is 0.338 e. The third kappa shape index (κ3) is 4.67. The largest absolute Gasteiger partial charge is 0.494 e. The highest BCUT2D eigenvalue weighted by atomic mass is 32.2. The fraction of sp³-hybridized carbons (Fsp3) is 0.154. The molecule has 0 atom stereocenters. The van der Waals surface area contributed by atoms with Crippen LogP contribution in [-0.4, -0.2) is 33.4 Å². The van der Waals surface area contributed by atoms with Gasteiger partial charge in [0.25, 0.3) is 0 Å². The van der Waals surface area contributed by atoms with Crippen LogP contribution in [0, 0.1) is 5.82 Å². The van der Waals surface area contributed by atoms with Crippen molar-refractivity contribution in [1.82, 2.24) is 0 Å². The molecule has 0 radical (unpaired) electrons. The molecule has 1 aliphatic heterocycles. The molecule has 3 aromatic rings. The number of esters is 1. The number of Topliss-reactive ketones (excluding diaryl/α,β-unsaturated/α-hetero) is 1. The van der Waals surface area contributed by atoms with E-state index < -0.39 is 32.3 Å². The highest BCUT2D eigenvalue weighted by Gasteiger charge is 2.36. The second kappa shape index (κ2) is 9.71. The van der Waals surface area contributed by atoms with Crippen LogP contribution in [0.25, 0.3) is 0 Å². The highest BCUT2D eigenvalue weighted by Crippen LogP contribution is 2.41. The predicted molar refractivity (Wildman–Crippen MR) is 128 cm³/mol. The monoisotopic (exact) mass is 495 g/mol.